The summed E-state index contributed by atoms with van der Waals surface area (Å²) in [6.45, 7) is 0.350. The van der Waals surface area contributed by atoms with Gasteiger partial charge in [-0.05, 0) is 53.6 Å². The second-order valence-corrected chi connectivity index (χ2v) is 9.02. The van der Waals surface area contributed by atoms with Crippen molar-refractivity contribution in [2.45, 2.75) is 6.54 Å². The van der Waals surface area contributed by atoms with E-state index in [9.17, 15) is 13.2 Å². The Labute approximate surface area is 186 Å². The van der Waals surface area contributed by atoms with Crippen LogP contribution in [0, 0.1) is 0 Å². The number of nitrogens with one attached hydrogen (secondary N) is 1. The molecule has 0 bridgehead atoms. The zero-order valence-electron chi connectivity index (χ0n) is 17.3. The van der Waals surface area contributed by atoms with E-state index in [1.54, 1.807) is 66.7 Å². The number of carbonyl (C=O) groups excluding carboxylic acids is 1. The van der Waals surface area contributed by atoms with Crippen molar-refractivity contribution < 1.29 is 22.7 Å². The van der Waals surface area contributed by atoms with Crippen LogP contribution in [0.15, 0.2) is 77.9 Å². The summed E-state index contributed by atoms with van der Waals surface area (Å²) in [5.41, 5.74) is 4.97. The molecule has 1 aliphatic heterocycles. The summed E-state index contributed by atoms with van der Waals surface area (Å²) in [4.78, 5) is 12.4. The highest BCUT2D eigenvalue weighted by Gasteiger charge is 2.18. The van der Waals surface area contributed by atoms with Gasteiger partial charge in [0.25, 0.3) is 5.91 Å². The molecule has 3 aromatic carbocycles. The second-order valence-electron chi connectivity index (χ2n) is 7.11. The zero-order valence-corrected chi connectivity index (χ0v) is 18.1. The van der Waals surface area contributed by atoms with Crippen LogP contribution in [0.4, 0.5) is 5.69 Å². The maximum Gasteiger partial charge on any atom is 0.271 e. The minimum absolute atomic E-state index is 0.160. The molecule has 164 valence electrons. The topological polar surface area (TPSA) is 97.3 Å². The number of carbonyl (C=O) groups is 1. The van der Waals surface area contributed by atoms with Gasteiger partial charge in [-0.1, -0.05) is 30.3 Å². The van der Waals surface area contributed by atoms with E-state index in [4.69, 9.17) is 9.47 Å². The van der Waals surface area contributed by atoms with Crippen molar-refractivity contribution >= 4 is 27.8 Å². The third-order valence-corrected chi connectivity index (χ3v) is 5.90. The van der Waals surface area contributed by atoms with Gasteiger partial charge in [0.15, 0.2) is 11.5 Å². The third kappa shape index (κ3) is 5.06. The van der Waals surface area contributed by atoms with Crippen LogP contribution in [0.1, 0.15) is 21.5 Å². The van der Waals surface area contributed by atoms with Crippen molar-refractivity contribution in [3.8, 4) is 11.5 Å². The average molecular weight is 452 g/mol. The molecule has 8 nitrogen and oxygen atoms in total. The number of amides is 1. The molecule has 9 heteroatoms. The molecule has 1 aliphatic rings. The van der Waals surface area contributed by atoms with E-state index in [1.807, 2.05) is 6.07 Å². The van der Waals surface area contributed by atoms with E-state index >= 15 is 0 Å². The predicted octanol–water partition coefficient (Wildman–Crippen LogP) is 3.15. The van der Waals surface area contributed by atoms with E-state index in [2.05, 4.69) is 10.5 Å². The molecule has 0 atom stereocenters. The summed E-state index contributed by atoms with van der Waals surface area (Å²) in [6.07, 6.45) is 2.68. The van der Waals surface area contributed by atoms with E-state index in [1.165, 1.54) is 16.8 Å². The van der Waals surface area contributed by atoms with E-state index < -0.39 is 10.0 Å². The van der Waals surface area contributed by atoms with Gasteiger partial charge in [0, 0.05) is 5.56 Å². The first-order chi connectivity index (χ1) is 15.4. The number of nitrogens with zero attached hydrogens (tertiary/aromatic N) is 2. The lowest BCUT2D eigenvalue weighted by molar-refractivity contribution is 0.0955. The average Bonchev–Trinajstić information content (AvgIpc) is 3.25. The second kappa shape index (κ2) is 9.11. The number of hydrogen-bond acceptors (Lipinski definition) is 6. The first kappa shape index (κ1) is 21.4. The van der Waals surface area contributed by atoms with Crippen molar-refractivity contribution in [2.24, 2.45) is 5.10 Å². The first-order valence-corrected chi connectivity index (χ1v) is 11.6. The first-order valence-electron chi connectivity index (χ1n) is 9.75. The summed E-state index contributed by atoms with van der Waals surface area (Å²) in [7, 11) is -3.47. The van der Waals surface area contributed by atoms with Crippen LogP contribution in [0.5, 0.6) is 11.5 Å². The summed E-state index contributed by atoms with van der Waals surface area (Å²) in [5.74, 6) is 0.930. The van der Waals surface area contributed by atoms with Gasteiger partial charge in [0.1, 0.15) is 0 Å². The smallest absolute Gasteiger partial charge is 0.271 e. The summed E-state index contributed by atoms with van der Waals surface area (Å²) in [6, 6.07) is 20.9. The fourth-order valence-corrected chi connectivity index (χ4v) is 4.03. The number of fused-ring (bicyclic) bond motifs is 1. The highest BCUT2D eigenvalue weighted by atomic mass is 32.2. The summed E-state index contributed by atoms with van der Waals surface area (Å²) < 4.78 is 36.4. The van der Waals surface area contributed by atoms with E-state index in [0.717, 1.165) is 11.1 Å². The Bertz CT molecular complexity index is 1240. The lowest BCUT2D eigenvalue weighted by atomic mass is 10.1. The zero-order chi connectivity index (χ0) is 22.6. The Morgan fingerprint density at radius 1 is 1.03 bits per heavy atom. The Balaban J connectivity index is 1.40. The Hall–Kier alpha value is -3.85. The standard InChI is InChI=1S/C23H21N3O5S/c1-32(28,29)26(20-5-3-2-4-6-20)15-17-7-10-19(11-8-17)23(27)25-24-14-18-9-12-21-22(13-18)31-16-30-21/h2-14H,15-16H2,1H3,(H,25,27)/b24-14+. The van der Waals surface area contributed by atoms with Gasteiger partial charge in [-0.25, -0.2) is 13.8 Å². The number of hydrazone groups is 1. The molecule has 0 aliphatic carbocycles. The number of benzene rings is 3. The van der Waals surface area contributed by atoms with E-state index in [-0.39, 0.29) is 19.2 Å². The van der Waals surface area contributed by atoms with Gasteiger partial charge < -0.3 is 9.47 Å². The molecule has 1 amide bonds. The van der Waals surface area contributed by atoms with Gasteiger partial charge in [-0.2, -0.15) is 5.10 Å². The van der Waals surface area contributed by atoms with Crippen LogP contribution in [0.2, 0.25) is 0 Å². The molecule has 3 aromatic rings. The molecule has 0 fully saturated rings. The van der Waals surface area contributed by atoms with Crippen LogP contribution in [0.3, 0.4) is 0 Å². The van der Waals surface area contributed by atoms with Crippen LogP contribution in [-0.2, 0) is 16.6 Å². The monoisotopic (exact) mass is 451 g/mol. The number of sulfonamides is 1. The molecule has 0 spiro atoms. The molecule has 0 aromatic heterocycles. The Morgan fingerprint density at radius 2 is 1.75 bits per heavy atom. The largest absolute Gasteiger partial charge is 0.454 e. The van der Waals surface area contributed by atoms with Gasteiger partial charge in [-0.3, -0.25) is 9.10 Å². The highest BCUT2D eigenvalue weighted by molar-refractivity contribution is 7.92. The number of para-hydroxylation sites is 1. The molecule has 0 saturated carbocycles. The van der Waals surface area contributed by atoms with Crippen molar-refractivity contribution in [3.63, 3.8) is 0 Å². The number of ether oxygens (including phenoxy) is 2. The fourth-order valence-electron chi connectivity index (χ4n) is 3.15. The summed E-state index contributed by atoms with van der Waals surface area (Å²) >= 11 is 0. The van der Waals surface area contributed by atoms with Gasteiger partial charge >= 0.3 is 0 Å². The maximum atomic E-state index is 12.4. The normalized spacial score (nSPS) is 12.7. The molecule has 4 rings (SSSR count). The Morgan fingerprint density at radius 3 is 2.47 bits per heavy atom. The molecule has 0 radical (unpaired) electrons. The summed E-state index contributed by atoms with van der Waals surface area (Å²) in [5, 5.41) is 3.98. The fraction of sp³-hybridized carbons (Fsp3) is 0.130. The van der Waals surface area contributed by atoms with Crippen LogP contribution in [-0.4, -0.2) is 33.6 Å². The third-order valence-electron chi connectivity index (χ3n) is 4.76. The minimum atomic E-state index is -3.47. The van der Waals surface area contributed by atoms with E-state index in [0.29, 0.717) is 22.7 Å². The van der Waals surface area contributed by atoms with Gasteiger partial charge in [0.2, 0.25) is 16.8 Å². The predicted molar refractivity (Wildman–Crippen MR) is 122 cm³/mol. The van der Waals surface area contributed by atoms with Crippen molar-refractivity contribution in [3.05, 3.63) is 89.5 Å². The quantitative estimate of drug-likeness (QED) is 0.440. The highest BCUT2D eigenvalue weighted by Crippen LogP contribution is 2.32. The molecular weight excluding hydrogens is 430 g/mol. The molecule has 32 heavy (non-hydrogen) atoms. The van der Waals surface area contributed by atoms with Gasteiger partial charge in [-0.15, -0.1) is 0 Å². The molecule has 1 heterocycles. The number of anilines is 1. The van der Waals surface area contributed by atoms with Crippen molar-refractivity contribution in [1.82, 2.24) is 5.43 Å². The molecule has 0 saturated heterocycles. The minimum Gasteiger partial charge on any atom is -0.454 e. The lowest BCUT2D eigenvalue weighted by Gasteiger charge is -2.22. The van der Waals surface area contributed by atoms with Gasteiger partial charge in [0.05, 0.1) is 24.7 Å². The van der Waals surface area contributed by atoms with Crippen LogP contribution >= 0.6 is 0 Å². The lowest BCUT2D eigenvalue weighted by Crippen LogP contribution is -2.29. The molecule has 0 unspecified atom stereocenters. The van der Waals surface area contributed by atoms with Crippen LogP contribution < -0.4 is 19.2 Å². The maximum absolute atomic E-state index is 12.4. The molecular formula is C23H21N3O5S. The number of rotatable bonds is 7. The SMILES string of the molecule is CS(=O)(=O)N(Cc1ccc(C(=O)N/N=C/c2ccc3c(c2)OCO3)cc1)c1ccccc1. The van der Waals surface area contributed by atoms with Crippen LogP contribution in [0.25, 0.3) is 0 Å². The van der Waals surface area contributed by atoms with Crippen molar-refractivity contribution in [1.29, 1.82) is 0 Å². The number of hydrogen-bond donors (Lipinski definition) is 1. The molecule has 1 N–H and O–H groups in total. The van der Waals surface area contributed by atoms with Crippen molar-refractivity contribution in [2.75, 3.05) is 17.4 Å². The Kier molecular flexibility index (Phi) is 6.09.